The second-order valence-electron chi connectivity index (χ2n) is 5.34. The predicted octanol–water partition coefficient (Wildman–Crippen LogP) is 3.53. The molecule has 15 heavy (non-hydrogen) atoms. The Bertz CT molecular complexity index is 221. The highest BCUT2D eigenvalue weighted by Crippen LogP contribution is 2.39. The molecule has 0 aromatic carbocycles. The Kier molecular flexibility index (Phi) is 3.85. The zero-order valence-electron chi connectivity index (χ0n) is 9.86. The lowest BCUT2D eigenvalue weighted by Crippen LogP contribution is -2.34. The molecule has 0 saturated heterocycles. The molecule has 2 rings (SSSR count). The Labute approximate surface area is 93.6 Å². The minimum Gasteiger partial charge on any atom is -0.393 e. The molecule has 0 radical (unpaired) electrons. The summed E-state index contributed by atoms with van der Waals surface area (Å²) in [7, 11) is 0. The van der Waals surface area contributed by atoms with E-state index in [1.807, 2.05) is 0 Å². The molecule has 1 saturated carbocycles. The van der Waals surface area contributed by atoms with Gasteiger partial charge in [0.15, 0.2) is 0 Å². The maximum Gasteiger partial charge on any atom is 0.0574 e. The fourth-order valence-corrected chi connectivity index (χ4v) is 3.31. The molecule has 0 aromatic rings. The van der Waals surface area contributed by atoms with Crippen LogP contribution in [0.15, 0.2) is 12.2 Å². The van der Waals surface area contributed by atoms with Crippen molar-refractivity contribution in [3.05, 3.63) is 12.2 Å². The van der Waals surface area contributed by atoms with E-state index in [0.717, 1.165) is 12.3 Å². The first kappa shape index (κ1) is 11.2. The number of allylic oxidation sites excluding steroid dienone is 2. The van der Waals surface area contributed by atoms with Crippen LogP contribution < -0.4 is 0 Å². The van der Waals surface area contributed by atoms with Crippen LogP contribution >= 0.6 is 0 Å². The summed E-state index contributed by atoms with van der Waals surface area (Å²) in [6.07, 6.45) is 13.4. The van der Waals surface area contributed by atoms with Crippen molar-refractivity contribution in [3.8, 4) is 0 Å². The van der Waals surface area contributed by atoms with Crippen molar-refractivity contribution < 1.29 is 5.11 Å². The highest BCUT2D eigenvalue weighted by atomic mass is 16.3. The Morgan fingerprint density at radius 3 is 2.80 bits per heavy atom. The molecule has 0 bridgehead atoms. The molecule has 0 spiro atoms. The molecule has 0 aromatic heterocycles. The first-order chi connectivity index (χ1) is 7.31. The summed E-state index contributed by atoms with van der Waals surface area (Å²) in [5.41, 5.74) is 0. The summed E-state index contributed by atoms with van der Waals surface area (Å²) < 4.78 is 0. The van der Waals surface area contributed by atoms with Crippen LogP contribution in [-0.2, 0) is 0 Å². The Morgan fingerprint density at radius 2 is 2.13 bits per heavy atom. The lowest BCUT2D eigenvalue weighted by Gasteiger charge is -2.37. The van der Waals surface area contributed by atoms with Gasteiger partial charge in [0.25, 0.3) is 0 Å². The quantitative estimate of drug-likeness (QED) is 0.688. The Hall–Kier alpha value is -0.300. The summed E-state index contributed by atoms with van der Waals surface area (Å²) >= 11 is 0. The third-order valence-corrected chi connectivity index (χ3v) is 4.39. The van der Waals surface area contributed by atoms with E-state index in [4.69, 9.17) is 0 Å². The number of hydrogen-bond acceptors (Lipinski definition) is 1. The molecule has 1 fully saturated rings. The predicted molar refractivity (Wildman–Crippen MR) is 63.6 cm³/mol. The van der Waals surface area contributed by atoms with Crippen molar-refractivity contribution in [2.45, 2.75) is 58.0 Å². The molecular weight excluding hydrogens is 184 g/mol. The van der Waals surface area contributed by atoms with Crippen LogP contribution in [0.25, 0.3) is 0 Å². The van der Waals surface area contributed by atoms with E-state index in [2.05, 4.69) is 19.1 Å². The highest BCUT2D eigenvalue weighted by Gasteiger charge is 2.33. The smallest absolute Gasteiger partial charge is 0.0574 e. The van der Waals surface area contributed by atoms with E-state index in [-0.39, 0.29) is 6.10 Å². The van der Waals surface area contributed by atoms with E-state index in [1.165, 1.54) is 38.5 Å². The van der Waals surface area contributed by atoms with Gasteiger partial charge >= 0.3 is 0 Å². The Morgan fingerprint density at radius 1 is 1.27 bits per heavy atom. The molecule has 2 aliphatic rings. The van der Waals surface area contributed by atoms with Gasteiger partial charge in [-0.05, 0) is 56.3 Å². The minimum atomic E-state index is -0.0273. The highest BCUT2D eigenvalue weighted by molar-refractivity contribution is 4.98. The largest absolute Gasteiger partial charge is 0.393 e. The van der Waals surface area contributed by atoms with Crippen molar-refractivity contribution >= 4 is 0 Å². The van der Waals surface area contributed by atoms with Crippen LogP contribution in [0.3, 0.4) is 0 Å². The maximum atomic E-state index is 10.1. The molecule has 0 heterocycles. The van der Waals surface area contributed by atoms with Crippen molar-refractivity contribution in [2.24, 2.45) is 17.8 Å². The molecule has 86 valence electrons. The van der Waals surface area contributed by atoms with E-state index in [1.54, 1.807) is 0 Å². The maximum absolute atomic E-state index is 10.1. The third kappa shape index (κ3) is 2.63. The molecule has 0 aliphatic heterocycles. The van der Waals surface area contributed by atoms with Crippen LogP contribution in [0, 0.1) is 17.8 Å². The lowest BCUT2D eigenvalue weighted by atomic mass is 9.70. The van der Waals surface area contributed by atoms with Gasteiger partial charge in [-0.3, -0.25) is 0 Å². The second-order valence-corrected chi connectivity index (χ2v) is 5.34. The molecule has 1 N–H and O–H groups in total. The van der Waals surface area contributed by atoms with E-state index >= 15 is 0 Å². The normalized spacial score (nSPS) is 41.7. The standard InChI is InChI=1S/C14H24O/c1-2-11-8-9-14(15)13(10-11)12-6-4-3-5-7-12/h4,6,11-15H,2-3,5,7-10H2,1H3. The Balaban J connectivity index is 1.98. The number of rotatable bonds is 2. The summed E-state index contributed by atoms with van der Waals surface area (Å²) in [6, 6.07) is 0. The summed E-state index contributed by atoms with van der Waals surface area (Å²) in [6.45, 7) is 2.29. The van der Waals surface area contributed by atoms with Crippen LogP contribution in [0.2, 0.25) is 0 Å². The number of hydrogen-bond donors (Lipinski definition) is 1. The second kappa shape index (κ2) is 5.16. The van der Waals surface area contributed by atoms with E-state index < -0.39 is 0 Å². The van der Waals surface area contributed by atoms with Crippen molar-refractivity contribution in [3.63, 3.8) is 0 Å². The van der Waals surface area contributed by atoms with Gasteiger partial charge < -0.3 is 5.11 Å². The molecule has 2 aliphatic carbocycles. The van der Waals surface area contributed by atoms with Crippen molar-refractivity contribution in [2.75, 3.05) is 0 Å². The summed E-state index contributed by atoms with van der Waals surface area (Å²) in [5.74, 6) is 2.09. The van der Waals surface area contributed by atoms with E-state index in [0.29, 0.717) is 11.8 Å². The first-order valence-corrected chi connectivity index (χ1v) is 6.66. The van der Waals surface area contributed by atoms with Crippen LogP contribution in [0.4, 0.5) is 0 Å². The molecule has 1 heteroatoms. The molecule has 0 amide bonds. The molecule has 4 atom stereocenters. The molecule has 1 nitrogen and oxygen atoms in total. The molecular formula is C14H24O. The fraction of sp³-hybridized carbons (Fsp3) is 0.857. The first-order valence-electron chi connectivity index (χ1n) is 6.66. The van der Waals surface area contributed by atoms with Crippen LogP contribution in [0.1, 0.15) is 51.9 Å². The molecule has 4 unspecified atom stereocenters. The van der Waals surface area contributed by atoms with Gasteiger partial charge in [-0.1, -0.05) is 25.5 Å². The van der Waals surface area contributed by atoms with Gasteiger partial charge in [0, 0.05) is 0 Å². The van der Waals surface area contributed by atoms with E-state index in [9.17, 15) is 5.11 Å². The van der Waals surface area contributed by atoms with Gasteiger partial charge in [-0.2, -0.15) is 0 Å². The topological polar surface area (TPSA) is 20.2 Å². The number of aliphatic hydroxyl groups is 1. The average Bonchev–Trinajstić information content (AvgIpc) is 2.31. The van der Waals surface area contributed by atoms with Gasteiger partial charge in [0.1, 0.15) is 0 Å². The van der Waals surface area contributed by atoms with Gasteiger partial charge in [0.05, 0.1) is 6.10 Å². The lowest BCUT2D eigenvalue weighted by molar-refractivity contribution is 0.0234. The monoisotopic (exact) mass is 208 g/mol. The van der Waals surface area contributed by atoms with Gasteiger partial charge in [-0.25, -0.2) is 0 Å². The summed E-state index contributed by atoms with van der Waals surface area (Å²) in [4.78, 5) is 0. The zero-order chi connectivity index (χ0) is 10.7. The zero-order valence-corrected chi connectivity index (χ0v) is 9.86. The fourth-order valence-electron chi connectivity index (χ4n) is 3.31. The van der Waals surface area contributed by atoms with Crippen LogP contribution in [0.5, 0.6) is 0 Å². The van der Waals surface area contributed by atoms with Gasteiger partial charge in [-0.15, -0.1) is 0 Å². The van der Waals surface area contributed by atoms with Crippen molar-refractivity contribution in [1.82, 2.24) is 0 Å². The SMILES string of the molecule is CCC1CCC(O)C(C2C=CCCC2)C1. The third-order valence-electron chi connectivity index (χ3n) is 4.39. The number of aliphatic hydroxyl groups excluding tert-OH is 1. The van der Waals surface area contributed by atoms with Crippen molar-refractivity contribution in [1.29, 1.82) is 0 Å². The summed E-state index contributed by atoms with van der Waals surface area (Å²) in [5, 5.41) is 10.1. The van der Waals surface area contributed by atoms with Gasteiger partial charge in [0.2, 0.25) is 0 Å². The average molecular weight is 208 g/mol. The minimum absolute atomic E-state index is 0.0273. The van der Waals surface area contributed by atoms with Crippen LogP contribution in [-0.4, -0.2) is 11.2 Å².